The van der Waals surface area contributed by atoms with E-state index in [4.69, 9.17) is 14.6 Å². The third-order valence-electron chi connectivity index (χ3n) is 4.92. The number of hydrogen-bond acceptors (Lipinski definition) is 5. The van der Waals surface area contributed by atoms with Crippen molar-refractivity contribution in [2.24, 2.45) is 5.92 Å². The van der Waals surface area contributed by atoms with Gasteiger partial charge in [0.15, 0.2) is 0 Å². The van der Waals surface area contributed by atoms with Crippen molar-refractivity contribution in [3.63, 3.8) is 0 Å². The zero-order valence-electron chi connectivity index (χ0n) is 17.3. The summed E-state index contributed by atoms with van der Waals surface area (Å²) < 4.78 is 65.6. The van der Waals surface area contributed by atoms with Crippen molar-refractivity contribution in [2.75, 3.05) is 32.0 Å². The first-order valence-electron chi connectivity index (χ1n) is 9.98. The summed E-state index contributed by atoms with van der Waals surface area (Å²) in [6.45, 7) is 9.66. The van der Waals surface area contributed by atoms with Gasteiger partial charge < -0.3 is 9.84 Å². The van der Waals surface area contributed by atoms with Crippen molar-refractivity contribution in [1.29, 1.82) is 0 Å². The standard InChI is InChI=1S/C16H32N2O3S.C2HF3O2/c1-4-9-18-10-11-21-16(13-18)8-6-5-7-15(16)17-22(19,20)12-14(2)3;3-2(4,5)1(6)7/h14-15,17H,4-13H2,1-3H3;(H,6,7). The number of sulfonamides is 1. The van der Waals surface area contributed by atoms with Gasteiger partial charge in [-0.15, -0.1) is 0 Å². The number of morpholine rings is 1. The fraction of sp³-hybridized carbons (Fsp3) is 0.944. The topological polar surface area (TPSA) is 95.9 Å². The number of halogens is 3. The van der Waals surface area contributed by atoms with Gasteiger partial charge in [-0.1, -0.05) is 33.6 Å². The second-order valence-electron chi connectivity index (χ2n) is 8.08. The van der Waals surface area contributed by atoms with Gasteiger partial charge in [0.1, 0.15) is 0 Å². The summed E-state index contributed by atoms with van der Waals surface area (Å²) in [6.07, 6.45) is 0.0926. The Kier molecular flexibility index (Phi) is 9.84. The molecule has 1 saturated heterocycles. The van der Waals surface area contributed by atoms with Crippen LogP contribution in [0.2, 0.25) is 0 Å². The van der Waals surface area contributed by atoms with Crippen LogP contribution in [0.25, 0.3) is 0 Å². The number of carbonyl (C=O) groups is 1. The van der Waals surface area contributed by atoms with E-state index >= 15 is 0 Å². The highest BCUT2D eigenvalue weighted by atomic mass is 32.2. The fourth-order valence-electron chi connectivity index (χ4n) is 3.83. The van der Waals surface area contributed by atoms with Gasteiger partial charge in [-0.25, -0.2) is 17.9 Å². The highest BCUT2D eigenvalue weighted by Crippen LogP contribution is 2.35. The molecular weight excluding hydrogens is 413 g/mol. The van der Waals surface area contributed by atoms with Crippen molar-refractivity contribution >= 4 is 16.0 Å². The lowest BCUT2D eigenvalue weighted by atomic mass is 9.79. The zero-order valence-corrected chi connectivity index (χ0v) is 18.1. The molecule has 0 amide bonds. The number of nitrogens with zero attached hydrogens (tertiary/aromatic N) is 1. The highest BCUT2D eigenvalue weighted by Gasteiger charge is 2.46. The van der Waals surface area contributed by atoms with Crippen LogP contribution in [0.15, 0.2) is 0 Å². The van der Waals surface area contributed by atoms with Crippen LogP contribution in [0, 0.1) is 5.92 Å². The number of nitrogens with one attached hydrogen (secondary N) is 1. The maximum absolute atomic E-state index is 12.4. The quantitative estimate of drug-likeness (QED) is 0.651. The van der Waals surface area contributed by atoms with Gasteiger partial charge in [-0.05, 0) is 31.7 Å². The molecule has 7 nitrogen and oxygen atoms in total. The van der Waals surface area contributed by atoms with E-state index in [0.717, 1.165) is 51.7 Å². The number of alkyl halides is 3. The average Bonchev–Trinajstić information content (AvgIpc) is 2.56. The minimum atomic E-state index is -5.08. The Morgan fingerprint density at radius 1 is 1.34 bits per heavy atom. The number of carboxylic acids is 1. The SMILES string of the molecule is CCCN1CCOC2(CCCCC2NS(=O)(=O)CC(C)C)C1.O=C(O)C(F)(F)F. The van der Waals surface area contributed by atoms with Crippen molar-refractivity contribution in [1.82, 2.24) is 9.62 Å². The molecule has 11 heteroatoms. The van der Waals surface area contributed by atoms with E-state index in [1.807, 2.05) is 13.8 Å². The van der Waals surface area contributed by atoms with Crippen LogP contribution < -0.4 is 4.72 Å². The van der Waals surface area contributed by atoms with Crippen LogP contribution in [-0.4, -0.2) is 74.2 Å². The van der Waals surface area contributed by atoms with Crippen LogP contribution in [0.1, 0.15) is 52.9 Å². The van der Waals surface area contributed by atoms with E-state index in [1.165, 1.54) is 0 Å². The lowest BCUT2D eigenvalue weighted by Gasteiger charge is -2.49. The van der Waals surface area contributed by atoms with Crippen molar-refractivity contribution in [3.8, 4) is 0 Å². The van der Waals surface area contributed by atoms with Crippen LogP contribution in [0.5, 0.6) is 0 Å². The van der Waals surface area contributed by atoms with Crippen LogP contribution in [0.3, 0.4) is 0 Å². The van der Waals surface area contributed by atoms with Crippen molar-refractivity contribution < 1.29 is 36.2 Å². The lowest BCUT2D eigenvalue weighted by molar-refractivity contribution is -0.192. The van der Waals surface area contributed by atoms with Crippen molar-refractivity contribution in [3.05, 3.63) is 0 Å². The number of aliphatic carboxylic acids is 1. The number of carboxylic acid groups (broad SMARTS) is 1. The predicted octanol–water partition coefficient (Wildman–Crippen LogP) is 2.62. The van der Waals surface area contributed by atoms with Gasteiger partial charge in [0.05, 0.1) is 24.0 Å². The molecule has 0 aromatic carbocycles. The van der Waals surface area contributed by atoms with E-state index in [2.05, 4.69) is 16.5 Å². The monoisotopic (exact) mass is 446 g/mol. The molecule has 2 N–H and O–H groups in total. The summed E-state index contributed by atoms with van der Waals surface area (Å²) in [5, 5.41) is 7.12. The third kappa shape index (κ3) is 8.77. The molecule has 2 atom stereocenters. The van der Waals surface area contributed by atoms with E-state index in [0.29, 0.717) is 6.61 Å². The maximum Gasteiger partial charge on any atom is 0.490 e. The van der Waals surface area contributed by atoms with Gasteiger partial charge in [0, 0.05) is 13.1 Å². The molecule has 2 unspecified atom stereocenters. The van der Waals surface area contributed by atoms with Gasteiger partial charge >= 0.3 is 12.1 Å². The Morgan fingerprint density at radius 2 is 1.97 bits per heavy atom. The second-order valence-corrected chi connectivity index (χ2v) is 9.88. The number of ether oxygens (including phenoxy) is 1. The molecule has 1 aliphatic heterocycles. The van der Waals surface area contributed by atoms with E-state index in [-0.39, 0.29) is 23.3 Å². The molecule has 2 rings (SSSR count). The van der Waals surface area contributed by atoms with Gasteiger partial charge in [-0.2, -0.15) is 13.2 Å². The summed E-state index contributed by atoms with van der Waals surface area (Å²) in [5.74, 6) is -2.42. The largest absolute Gasteiger partial charge is 0.490 e. The predicted molar refractivity (Wildman–Crippen MR) is 103 cm³/mol. The molecule has 1 spiro atoms. The molecule has 2 aliphatic rings. The van der Waals surface area contributed by atoms with Gasteiger partial charge in [0.2, 0.25) is 10.0 Å². The van der Waals surface area contributed by atoms with Crippen LogP contribution in [-0.2, 0) is 19.6 Å². The lowest BCUT2D eigenvalue weighted by Crippen LogP contribution is -2.64. The molecule has 1 aliphatic carbocycles. The first kappa shape index (κ1) is 26.1. The summed E-state index contributed by atoms with van der Waals surface area (Å²) in [4.78, 5) is 11.3. The first-order chi connectivity index (χ1) is 13.3. The summed E-state index contributed by atoms with van der Waals surface area (Å²) >= 11 is 0. The van der Waals surface area contributed by atoms with Crippen LogP contribution in [0.4, 0.5) is 13.2 Å². The van der Waals surface area contributed by atoms with Crippen molar-refractivity contribution in [2.45, 2.75) is 70.7 Å². The van der Waals surface area contributed by atoms with E-state index in [1.54, 1.807) is 0 Å². The minimum absolute atomic E-state index is 0.0790. The molecule has 172 valence electrons. The normalized spacial score (nSPS) is 26.2. The molecule has 0 aromatic rings. The number of hydrogen-bond donors (Lipinski definition) is 2. The van der Waals surface area contributed by atoms with E-state index in [9.17, 15) is 21.6 Å². The summed E-state index contributed by atoms with van der Waals surface area (Å²) in [6, 6.07) is -0.0790. The summed E-state index contributed by atoms with van der Waals surface area (Å²) in [5.41, 5.74) is -0.324. The molecular formula is C18H33F3N2O5S. The maximum atomic E-state index is 12.4. The Morgan fingerprint density at radius 3 is 2.48 bits per heavy atom. The smallest absolute Gasteiger partial charge is 0.475 e. The van der Waals surface area contributed by atoms with Gasteiger partial charge in [0.25, 0.3) is 0 Å². The zero-order chi connectivity index (χ0) is 22.3. The van der Waals surface area contributed by atoms with Gasteiger partial charge in [-0.3, -0.25) is 4.90 Å². The molecule has 1 saturated carbocycles. The molecule has 1 heterocycles. The molecule has 2 fully saturated rings. The summed E-state index contributed by atoms with van der Waals surface area (Å²) in [7, 11) is -3.23. The molecule has 0 aromatic heterocycles. The molecule has 29 heavy (non-hydrogen) atoms. The Hall–Kier alpha value is -0.910. The van der Waals surface area contributed by atoms with E-state index < -0.39 is 22.2 Å². The van der Waals surface area contributed by atoms with Crippen LogP contribution >= 0.6 is 0 Å². The molecule has 0 bridgehead atoms. The average molecular weight is 447 g/mol. The molecule has 0 radical (unpaired) electrons. The minimum Gasteiger partial charge on any atom is -0.475 e. The second kappa shape index (κ2) is 10.9. The fourth-order valence-corrected chi connectivity index (χ4v) is 5.57. The highest BCUT2D eigenvalue weighted by molar-refractivity contribution is 7.89. The third-order valence-corrected chi connectivity index (χ3v) is 6.67. The Balaban J connectivity index is 0.000000516. The number of rotatable bonds is 6. The Labute approximate surface area is 171 Å². The Bertz CT molecular complexity index is 621. The first-order valence-corrected chi connectivity index (χ1v) is 11.6.